The molecule has 14 heavy (non-hydrogen) atoms. The van der Waals surface area contributed by atoms with Gasteiger partial charge >= 0.3 is 0 Å². The molecule has 0 bridgehead atoms. The molecule has 0 aliphatic heterocycles. The van der Waals surface area contributed by atoms with Gasteiger partial charge < -0.3 is 10.5 Å². The van der Waals surface area contributed by atoms with E-state index in [1.165, 1.54) is 0 Å². The summed E-state index contributed by atoms with van der Waals surface area (Å²) in [5, 5.41) is 0.733. The number of thiocarbonyl (C=S) groups is 1. The summed E-state index contributed by atoms with van der Waals surface area (Å²) in [5.41, 5.74) is 6.42. The summed E-state index contributed by atoms with van der Waals surface area (Å²) in [6.45, 7) is 1.14. The molecule has 0 unspecified atom stereocenters. The van der Waals surface area contributed by atoms with Crippen molar-refractivity contribution in [1.82, 2.24) is 0 Å². The lowest BCUT2D eigenvalue weighted by atomic mass is 10.2. The van der Waals surface area contributed by atoms with Crippen LogP contribution in [0.25, 0.3) is 0 Å². The molecule has 4 heteroatoms. The highest BCUT2D eigenvalue weighted by Crippen LogP contribution is 2.10. The molecule has 0 heterocycles. The van der Waals surface area contributed by atoms with Gasteiger partial charge in [-0.1, -0.05) is 36.0 Å². The number of halogens is 1. The van der Waals surface area contributed by atoms with Gasteiger partial charge in [0.1, 0.15) is 0 Å². The molecule has 2 N–H and O–H groups in total. The first kappa shape index (κ1) is 11.4. The third-order valence-electron chi connectivity index (χ3n) is 1.67. The van der Waals surface area contributed by atoms with Crippen molar-refractivity contribution < 1.29 is 4.74 Å². The molecule has 0 aliphatic rings. The van der Waals surface area contributed by atoms with E-state index in [1.807, 2.05) is 24.3 Å². The third kappa shape index (κ3) is 4.56. The Balaban J connectivity index is 2.25. The van der Waals surface area contributed by atoms with Gasteiger partial charge in [0.2, 0.25) is 0 Å². The summed E-state index contributed by atoms with van der Waals surface area (Å²) < 4.78 is 5.36. The zero-order chi connectivity index (χ0) is 10.4. The first-order valence-corrected chi connectivity index (χ1v) is 5.07. The molecule has 0 saturated carbocycles. The Bertz CT molecular complexity index is 299. The van der Waals surface area contributed by atoms with Crippen LogP contribution in [0.2, 0.25) is 5.02 Å². The Morgan fingerprint density at radius 1 is 1.36 bits per heavy atom. The van der Waals surface area contributed by atoms with Gasteiger partial charge in [-0.25, -0.2) is 0 Å². The Labute approximate surface area is 94.0 Å². The SMILES string of the molecule is NC(=S)CCOCc1ccc(Cl)cc1. The number of hydrogen-bond donors (Lipinski definition) is 1. The zero-order valence-corrected chi connectivity index (χ0v) is 9.27. The van der Waals surface area contributed by atoms with Crippen LogP contribution in [0.15, 0.2) is 24.3 Å². The molecule has 2 nitrogen and oxygen atoms in total. The van der Waals surface area contributed by atoms with Crippen molar-refractivity contribution in [2.75, 3.05) is 6.61 Å². The van der Waals surface area contributed by atoms with Crippen molar-refractivity contribution in [2.24, 2.45) is 5.73 Å². The molecule has 0 aromatic heterocycles. The highest BCUT2D eigenvalue weighted by Gasteiger charge is 1.94. The Hall–Kier alpha value is -0.640. The third-order valence-corrected chi connectivity index (χ3v) is 2.13. The summed E-state index contributed by atoms with van der Waals surface area (Å²) >= 11 is 10.5. The molecular weight excluding hydrogens is 218 g/mol. The number of ether oxygens (including phenoxy) is 1. The maximum atomic E-state index is 5.74. The van der Waals surface area contributed by atoms with Gasteiger partial charge in [-0.15, -0.1) is 0 Å². The molecule has 0 aliphatic carbocycles. The van der Waals surface area contributed by atoms with E-state index in [-0.39, 0.29) is 0 Å². The average Bonchev–Trinajstić information content (AvgIpc) is 2.15. The van der Waals surface area contributed by atoms with Gasteiger partial charge in [-0.05, 0) is 17.7 Å². The fourth-order valence-electron chi connectivity index (χ4n) is 0.943. The average molecular weight is 230 g/mol. The van der Waals surface area contributed by atoms with Crippen LogP contribution in [0.4, 0.5) is 0 Å². The summed E-state index contributed by atoms with van der Waals surface area (Å²) in [5.74, 6) is 0. The van der Waals surface area contributed by atoms with Gasteiger partial charge in [0.25, 0.3) is 0 Å². The second kappa shape index (κ2) is 5.96. The predicted molar refractivity (Wildman–Crippen MR) is 62.5 cm³/mol. The number of rotatable bonds is 5. The molecule has 0 radical (unpaired) electrons. The zero-order valence-electron chi connectivity index (χ0n) is 7.70. The van der Waals surface area contributed by atoms with Gasteiger partial charge in [-0.2, -0.15) is 0 Å². The number of nitrogens with two attached hydrogens (primary N) is 1. The highest BCUT2D eigenvalue weighted by atomic mass is 35.5. The van der Waals surface area contributed by atoms with Crippen molar-refractivity contribution in [3.05, 3.63) is 34.9 Å². The fraction of sp³-hybridized carbons (Fsp3) is 0.300. The van der Waals surface area contributed by atoms with E-state index in [0.717, 1.165) is 10.6 Å². The maximum absolute atomic E-state index is 5.74. The lowest BCUT2D eigenvalue weighted by Crippen LogP contribution is -2.11. The first-order valence-electron chi connectivity index (χ1n) is 4.29. The van der Waals surface area contributed by atoms with E-state index in [2.05, 4.69) is 0 Å². The van der Waals surface area contributed by atoms with Crippen molar-refractivity contribution in [3.63, 3.8) is 0 Å². The van der Waals surface area contributed by atoms with Crippen molar-refractivity contribution in [1.29, 1.82) is 0 Å². The van der Waals surface area contributed by atoms with Crippen LogP contribution in [0, 0.1) is 0 Å². The van der Waals surface area contributed by atoms with Crippen LogP contribution in [0.3, 0.4) is 0 Å². The van der Waals surface area contributed by atoms with Crippen LogP contribution in [0.1, 0.15) is 12.0 Å². The molecule has 1 aromatic rings. The first-order chi connectivity index (χ1) is 6.68. The van der Waals surface area contributed by atoms with Crippen LogP contribution in [0.5, 0.6) is 0 Å². The van der Waals surface area contributed by atoms with Crippen molar-refractivity contribution in [3.8, 4) is 0 Å². The van der Waals surface area contributed by atoms with Gasteiger partial charge in [0.05, 0.1) is 18.2 Å². The Morgan fingerprint density at radius 2 is 2.00 bits per heavy atom. The fourth-order valence-corrected chi connectivity index (χ4v) is 1.15. The molecule has 1 rings (SSSR count). The van der Waals surface area contributed by atoms with Crippen molar-refractivity contribution >= 4 is 28.8 Å². The minimum atomic E-state index is 0.487. The van der Waals surface area contributed by atoms with E-state index in [9.17, 15) is 0 Å². The summed E-state index contributed by atoms with van der Waals surface area (Å²) in [6, 6.07) is 7.55. The molecule has 0 atom stereocenters. The summed E-state index contributed by atoms with van der Waals surface area (Å²) in [6.07, 6.45) is 0.628. The lowest BCUT2D eigenvalue weighted by Gasteiger charge is -2.03. The number of hydrogen-bond acceptors (Lipinski definition) is 2. The molecule has 0 saturated heterocycles. The van der Waals surface area contributed by atoms with Gasteiger partial charge in [-0.3, -0.25) is 0 Å². The van der Waals surface area contributed by atoms with Crippen LogP contribution in [-0.4, -0.2) is 11.6 Å². The monoisotopic (exact) mass is 229 g/mol. The summed E-state index contributed by atoms with van der Waals surface area (Å²) in [7, 11) is 0. The van der Waals surface area contributed by atoms with E-state index in [1.54, 1.807) is 0 Å². The minimum absolute atomic E-state index is 0.487. The second-order valence-electron chi connectivity index (χ2n) is 2.90. The largest absolute Gasteiger partial charge is 0.393 e. The topological polar surface area (TPSA) is 35.2 Å². The van der Waals surface area contributed by atoms with Gasteiger partial charge in [0.15, 0.2) is 0 Å². The minimum Gasteiger partial charge on any atom is -0.393 e. The summed E-state index contributed by atoms with van der Waals surface area (Å²) in [4.78, 5) is 0.487. The smallest absolute Gasteiger partial charge is 0.0750 e. The molecule has 0 fully saturated rings. The molecule has 1 aromatic carbocycles. The molecule has 0 amide bonds. The van der Waals surface area contributed by atoms with E-state index in [4.69, 9.17) is 34.3 Å². The Morgan fingerprint density at radius 3 is 2.57 bits per heavy atom. The standard InChI is InChI=1S/C10H12ClNOS/c11-9-3-1-8(2-4-9)7-13-6-5-10(12)14/h1-4H,5-7H2,(H2,12,14). The van der Waals surface area contributed by atoms with E-state index < -0.39 is 0 Å². The molecule has 0 spiro atoms. The maximum Gasteiger partial charge on any atom is 0.0750 e. The second-order valence-corrected chi connectivity index (χ2v) is 3.86. The predicted octanol–water partition coefficient (Wildman–Crippen LogP) is 2.53. The quantitative estimate of drug-likeness (QED) is 0.623. The highest BCUT2D eigenvalue weighted by molar-refractivity contribution is 7.80. The molecular formula is C10H12ClNOS. The van der Waals surface area contributed by atoms with E-state index >= 15 is 0 Å². The van der Waals surface area contributed by atoms with Crippen LogP contribution in [-0.2, 0) is 11.3 Å². The van der Waals surface area contributed by atoms with Crippen LogP contribution < -0.4 is 5.73 Å². The van der Waals surface area contributed by atoms with Gasteiger partial charge in [0, 0.05) is 11.4 Å². The van der Waals surface area contributed by atoms with Crippen LogP contribution >= 0.6 is 23.8 Å². The normalized spacial score (nSPS) is 10.1. The Kier molecular flexibility index (Phi) is 4.87. The lowest BCUT2D eigenvalue weighted by molar-refractivity contribution is 0.128. The van der Waals surface area contributed by atoms with E-state index in [0.29, 0.717) is 24.6 Å². The van der Waals surface area contributed by atoms with Crippen molar-refractivity contribution in [2.45, 2.75) is 13.0 Å². The molecule has 76 valence electrons. The number of benzene rings is 1.